The molecule has 0 radical (unpaired) electrons. The van der Waals surface area contributed by atoms with Crippen molar-refractivity contribution in [2.24, 2.45) is 5.41 Å². The van der Waals surface area contributed by atoms with Crippen molar-refractivity contribution < 1.29 is 4.74 Å². The Labute approximate surface area is 115 Å². The van der Waals surface area contributed by atoms with Crippen molar-refractivity contribution in [1.29, 1.82) is 0 Å². The van der Waals surface area contributed by atoms with E-state index in [0.29, 0.717) is 5.41 Å². The molecule has 4 heteroatoms. The van der Waals surface area contributed by atoms with Crippen LogP contribution in [0.1, 0.15) is 39.2 Å². The highest BCUT2D eigenvalue weighted by Crippen LogP contribution is 2.41. The molecule has 1 aromatic heterocycles. The van der Waals surface area contributed by atoms with Crippen LogP contribution in [-0.4, -0.2) is 36.3 Å². The van der Waals surface area contributed by atoms with Crippen LogP contribution in [0, 0.1) is 5.41 Å². The van der Waals surface area contributed by atoms with Gasteiger partial charge >= 0.3 is 0 Å². The van der Waals surface area contributed by atoms with Crippen molar-refractivity contribution in [1.82, 2.24) is 9.97 Å². The molecule has 0 amide bonds. The summed E-state index contributed by atoms with van der Waals surface area (Å²) in [7, 11) is 0. The van der Waals surface area contributed by atoms with Crippen LogP contribution < -0.4 is 4.90 Å². The first-order chi connectivity index (χ1) is 8.99. The van der Waals surface area contributed by atoms with E-state index in [1.54, 1.807) is 0 Å². The average Bonchev–Trinajstić information content (AvgIpc) is 2.36. The van der Waals surface area contributed by atoms with E-state index in [0.717, 1.165) is 32.3 Å². The lowest BCUT2D eigenvalue weighted by Crippen LogP contribution is -2.59. The van der Waals surface area contributed by atoms with Gasteiger partial charge in [-0.15, -0.1) is 0 Å². The molecule has 0 unspecified atom stereocenters. The van der Waals surface area contributed by atoms with Gasteiger partial charge in [-0.25, -0.2) is 9.97 Å². The number of aromatic nitrogens is 2. The largest absolute Gasteiger partial charge is 0.381 e. The Morgan fingerprint density at radius 1 is 1.11 bits per heavy atom. The Balaban J connectivity index is 1.65. The second-order valence-corrected chi connectivity index (χ2v) is 6.99. The van der Waals surface area contributed by atoms with Crippen LogP contribution in [0.2, 0.25) is 0 Å². The summed E-state index contributed by atoms with van der Waals surface area (Å²) in [4.78, 5) is 11.3. The van der Waals surface area contributed by atoms with Crippen molar-refractivity contribution in [3.63, 3.8) is 0 Å². The van der Waals surface area contributed by atoms with Gasteiger partial charge in [-0.05, 0) is 23.8 Å². The van der Waals surface area contributed by atoms with Gasteiger partial charge in [0.15, 0.2) is 0 Å². The van der Waals surface area contributed by atoms with Crippen molar-refractivity contribution >= 4 is 5.95 Å². The summed E-state index contributed by atoms with van der Waals surface area (Å²) in [5, 5.41) is 0. The fraction of sp³-hybridized carbons (Fsp3) is 0.733. The van der Waals surface area contributed by atoms with Gasteiger partial charge in [0.25, 0.3) is 0 Å². The summed E-state index contributed by atoms with van der Waals surface area (Å²) in [6, 6.07) is 0. The second-order valence-electron chi connectivity index (χ2n) is 6.99. The fourth-order valence-corrected chi connectivity index (χ4v) is 2.90. The Hall–Kier alpha value is -1.16. The van der Waals surface area contributed by atoms with Crippen LogP contribution in [0.4, 0.5) is 5.95 Å². The highest BCUT2D eigenvalue weighted by Gasteiger charge is 2.44. The summed E-state index contributed by atoms with van der Waals surface area (Å²) >= 11 is 0. The van der Waals surface area contributed by atoms with E-state index in [1.807, 2.05) is 12.4 Å². The SMILES string of the molecule is CC(C)(C)c1cnc(N2CC3(CCOCC3)C2)nc1. The molecule has 3 rings (SSSR count). The van der Waals surface area contributed by atoms with E-state index in [1.165, 1.54) is 18.4 Å². The van der Waals surface area contributed by atoms with Crippen molar-refractivity contribution in [2.75, 3.05) is 31.2 Å². The Kier molecular flexibility index (Phi) is 3.01. The minimum Gasteiger partial charge on any atom is -0.381 e. The molecule has 2 saturated heterocycles. The van der Waals surface area contributed by atoms with E-state index >= 15 is 0 Å². The maximum absolute atomic E-state index is 5.44. The third kappa shape index (κ3) is 2.46. The van der Waals surface area contributed by atoms with E-state index in [2.05, 4.69) is 35.6 Å². The van der Waals surface area contributed by atoms with Crippen LogP contribution in [0.5, 0.6) is 0 Å². The zero-order valence-electron chi connectivity index (χ0n) is 12.1. The predicted molar refractivity (Wildman–Crippen MR) is 75.4 cm³/mol. The number of ether oxygens (including phenoxy) is 1. The molecule has 0 aromatic carbocycles. The molecule has 1 spiro atoms. The average molecular weight is 261 g/mol. The van der Waals surface area contributed by atoms with Gasteiger partial charge in [0.1, 0.15) is 0 Å². The summed E-state index contributed by atoms with van der Waals surface area (Å²) in [6.07, 6.45) is 6.31. The zero-order valence-corrected chi connectivity index (χ0v) is 12.1. The minimum atomic E-state index is 0.120. The third-order valence-electron chi connectivity index (χ3n) is 4.39. The lowest BCUT2D eigenvalue weighted by atomic mass is 9.73. The summed E-state index contributed by atoms with van der Waals surface area (Å²) in [5.41, 5.74) is 1.79. The smallest absolute Gasteiger partial charge is 0.225 e. The lowest BCUT2D eigenvalue weighted by Gasteiger charge is -2.52. The van der Waals surface area contributed by atoms with Gasteiger partial charge in [0.05, 0.1) is 0 Å². The first-order valence-electron chi connectivity index (χ1n) is 7.14. The summed E-state index contributed by atoms with van der Waals surface area (Å²) in [5.74, 6) is 0.880. The minimum absolute atomic E-state index is 0.120. The topological polar surface area (TPSA) is 38.2 Å². The highest BCUT2D eigenvalue weighted by atomic mass is 16.5. The molecule has 0 bridgehead atoms. The Bertz CT molecular complexity index is 435. The normalized spacial score (nSPS) is 22.4. The van der Waals surface area contributed by atoms with Gasteiger partial charge in [-0.1, -0.05) is 20.8 Å². The molecule has 0 aliphatic carbocycles. The number of rotatable bonds is 1. The molecule has 104 valence electrons. The van der Waals surface area contributed by atoms with Crippen LogP contribution in [0.15, 0.2) is 12.4 Å². The number of hydrogen-bond acceptors (Lipinski definition) is 4. The molecular formula is C15H23N3O. The Morgan fingerprint density at radius 3 is 2.21 bits per heavy atom. The Morgan fingerprint density at radius 2 is 1.68 bits per heavy atom. The van der Waals surface area contributed by atoms with Crippen molar-refractivity contribution in [2.45, 2.75) is 39.0 Å². The van der Waals surface area contributed by atoms with Crippen molar-refractivity contribution in [3.8, 4) is 0 Å². The van der Waals surface area contributed by atoms with Gasteiger partial charge in [-0.2, -0.15) is 0 Å². The standard InChI is InChI=1S/C15H23N3O/c1-14(2,3)12-8-16-13(17-9-12)18-10-15(11-18)4-6-19-7-5-15/h8-9H,4-7,10-11H2,1-3H3. The molecule has 0 N–H and O–H groups in total. The molecule has 3 heterocycles. The first kappa shape index (κ1) is 12.9. The van der Waals surface area contributed by atoms with E-state index < -0.39 is 0 Å². The predicted octanol–water partition coefficient (Wildman–Crippen LogP) is 2.39. The van der Waals surface area contributed by atoms with Crippen LogP contribution >= 0.6 is 0 Å². The van der Waals surface area contributed by atoms with Crippen LogP contribution in [0.3, 0.4) is 0 Å². The molecule has 2 aliphatic heterocycles. The third-order valence-corrected chi connectivity index (χ3v) is 4.39. The van der Waals surface area contributed by atoms with E-state index in [9.17, 15) is 0 Å². The quantitative estimate of drug-likeness (QED) is 0.778. The first-order valence-corrected chi connectivity index (χ1v) is 7.14. The molecule has 4 nitrogen and oxygen atoms in total. The molecular weight excluding hydrogens is 238 g/mol. The molecule has 0 saturated carbocycles. The molecule has 0 atom stereocenters. The van der Waals surface area contributed by atoms with E-state index in [4.69, 9.17) is 4.74 Å². The maximum atomic E-state index is 5.44. The lowest BCUT2D eigenvalue weighted by molar-refractivity contribution is -0.000743. The second kappa shape index (κ2) is 4.44. The van der Waals surface area contributed by atoms with Gasteiger partial charge in [0.2, 0.25) is 5.95 Å². The molecule has 2 aliphatic rings. The molecule has 2 fully saturated rings. The van der Waals surface area contributed by atoms with Gasteiger partial charge < -0.3 is 9.64 Å². The van der Waals surface area contributed by atoms with E-state index in [-0.39, 0.29) is 5.41 Å². The molecule has 1 aromatic rings. The highest BCUT2D eigenvalue weighted by molar-refractivity contribution is 5.37. The number of hydrogen-bond donors (Lipinski definition) is 0. The summed E-state index contributed by atoms with van der Waals surface area (Å²) in [6.45, 7) is 10.6. The monoisotopic (exact) mass is 261 g/mol. The maximum Gasteiger partial charge on any atom is 0.225 e. The number of nitrogens with zero attached hydrogens (tertiary/aromatic N) is 3. The van der Waals surface area contributed by atoms with Crippen LogP contribution in [0.25, 0.3) is 0 Å². The zero-order chi connectivity index (χ0) is 13.5. The molecule has 19 heavy (non-hydrogen) atoms. The fourth-order valence-electron chi connectivity index (χ4n) is 2.90. The van der Waals surface area contributed by atoms with Crippen LogP contribution in [-0.2, 0) is 10.2 Å². The van der Waals surface area contributed by atoms with Gasteiger partial charge in [0, 0.05) is 44.1 Å². The van der Waals surface area contributed by atoms with Gasteiger partial charge in [-0.3, -0.25) is 0 Å². The van der Waals surface area contributed by atoms with Crippen molar-refractivity contribution in [3.05, 3.63) is 18.0 Å². The summed E-state index contributed by atoms with van der Waals surface area (Å²) < 4.78 is 5.44. The number of anilines is 1.